The van der Waals surface area contributed by atoms with Crippen LogP contribution in [0.1, 0.15) is 39.2 Å². The molecule has 1 amide bonds. The molecule has 0 spiro atoms. The van der Waals surface area contributed by atoms with E-state index in [1.807, 2.05) is 17.3 Å². The van der Waals surface area contributed by atoms with Gasteiger partial charge in [0.15, 0.2) is 0 Å². The van der Waals surface area contributed by atoms with Gasteiger partial charge in [0.25, 0.3) is 0 Å². The molecule has 2 aromatic rings. The second-order valence-corrected chi connectivity index (χ2v) is 8.14. The molecule has 0 unspecified atom stereocenters. The summed E-state index contributed by atoms with van der Waals surface area (Å²) in [5.41, 5.74) is 2.81. The Morgan fingerprint density at radius 2 is 2.12 bits per heavy atom. The van der Waals surface area contributed by atoms with Gasteiger partial charge >= 0.3 is 5.97 Å². The van der Waals surface area contributed by atoms with E-state index in [1.165, 1.54) is 28.9 Å². The molecule has 0 saturated heterocycles. The molecule has 134 valence electrons. The average molecular weight is 379 g/mol. The first-order valence-corrected chi connectivity index (χ1v) is 10.1. The molecule has 0 aliphatic heterocycles. The Morgan fingerprint density at radius 3 is 2.84 bits per heavy atom. The van der Waals surface area contributed by atoms with E-state index in [1.54, 1.807) is 11.3 Å². The molecule has 0 atom stereocenters. The summed E-state index contributed by atoms with van der Waals surface area (Å²) in [6.07, 6.45) is 4.05. The van der Waals surface area contributed by atoms with Crippen LogP contribution >= 0.6 is 22.7 Å². The van der Waals surface area contributed by atoms with Crippen molar-refractivity contribution in [1.29, 1.82) is 0 Å². The normalized spacial score (nSPS) is 13.6. The van der Waals surface area contributed by atoms with Crippen LogP contribution in [0.25, 0.3) is 0 Å². The number of fused-ring (bicyclic) bond motifs is 1. The van der Waals surface area contributed by atoms with Crippen molar-refractivity contribution < 1.29 is 14.3 Å². The number of aryl methyl sites for hydroxylation is 1. The quantitative estimate of drug-likeness (QED) is 0.781. The third-order valence-corrected chi connectivity index (χ3v) is 6.20. The molecule has 2 aromatic heterocycles. The SMILES string of the molecule is COC(=O)c1c(NC(=O)CN(C)Cc2ccsc2)sc2c1CCCC2. The summed E-state index contributed by atoms with van der Waals surface area (Å²) in [4.78, 5) is 27.8. The van der Waals surface area contributed by atoms with Crippen LogP contribution in [0.3, 0.4) is 0 Å². The van der Waals surface area contributed by atoms with Crippen LogP contribution < -0.4 is 5.32 Å². The van der Waals surface area contributed by atoms with Crippen molar-refractivity contribution in [2.45, 2.75) is 32.2 Å². The van der Waals surface area contributed by atoms with Gasteiger partial charge in [-0.15, -0.1) is 11.3 Å². The molecule has 0 saturated carbocycles. The third-order valence-electron chi connectivity index (χ3n) is 4.26. The van der Waals surface area contributed by atoms with E-state index in [0.717, 1.165) is 37.8 Å². The first-order chi connectivity index (χ1) is 12.1. The summed E-state index contributed by atoms with van der Waals surface area (Å²) < 4.78 is 4.94. The van der Waals surface area contributed by atoms with Crippen LogP contribution in [-0.2, 0) is 28.9 Å². The average Bonchev–Trinajstić information content (AvgIpc) is 3.20. The fourth-order valence-electron chi connectivity index (χ4n) is 3.13. The Kier molecular flexibility index (Phi) is 5.88. The van der Waals surface area contributed by atoms with Crippen molar-refractivity contribution in [3.63, 3.8) is 0 Å². The van der Waals surface area contributed by atoms with E-state index in [4.69, 9.17) is 4.74 Å². The van der Waals surface area contributed by atoms with E-state index < -0.39 is 0 Å². The number of esters is 1. The van der Waals surface area contributed by atoms with E-state index in [0.29, 0.717) is 10.6 Å². The minimum absolute atomic E-state index is 0.110. The fourth-order valence-corrected chi connectivity index (χ4v) is 5.09. The predicted octanol–water partition coefficient (Wildman–Crippen LogP) is 3.55. The number of nitrogens with one attached hydrogen (secondary N) is 1. The number of ether oxygens (including phenoxy) is 1. The van der Waals surface area contributed by atoms with E-state index in [2.05, 4.69) is 16.8 Å². The zero-order valence-electron chi connectivity index (χ0n) is 14.5. The Balaban J connectivity index is 1.70. The highest BCUT2D eigenvalue weighted by molar-refractivity contribution is 7.17. The van der Waals surface area contributed by atoms with Gasteiger partial charge in [-0.1, -0.05) is 0 Å². The molecule has 0 aromatic carbocycles. The topological polar surface area (TPSA) is 58.6 Å². The Bertz CT molecular complexity index is 753. The van der Waals surface area contributed by atoms with Gasteiger partial charge in [-0.2, -0.15) is 11.3 Å². The summed E-state index contributed by atoms with van der Waals surface area (Å²) in [5, 5.41) is 7.68. The van der Waals surface area contributed by atoms with Gasteiger partial charge in [-0.05, 0) is 60.7 Å². The van der Waals surface area contributed by atoms with Crippen molar-refractivity contribution in [2.75, 3.05) is 26.0 Å². The lowest BCUT2D eigenvalue weighted by molar-refractivity contribution is -0.117. The Hall–Kier alpha value is -1.70. The zero-order chi connectivity index (χ0) is 17.8. The van der Waals surface area contributed by atoms with Crippen LogP contribution in [-0.4, -0.2) is 37.5 Å². The lowest BCUT2D eigenvalue weighted by atomic mass is 9.95. The number of methoxy groups -OCH3 is 1. The highest BCUT2D eigenvalue weighted by Gasteiger charge is 2.27. The number of rotatable bonds is 6. The van der Waals surface area contributed by atoms with Crippen molar-refractivity contribution in [3.8, 4) is 0 Å². The summed E-state index contributed by atoms with van der Waals surface area (Å²) in [6.45, 7) is 1.00. The fraction of sp³-hybridized carbons (Fsp3) is 0.444. The molecule has 7 heteroatoms. The van der Waals surface area contributed by atoms with Crippen molar-refractivity contribution in [3.05, 3.63) is 38.4 Å². The van der Waals surface area contributed by atoms with Crippen LogP contribution in [0, 0.1) is 0 Å². The minimum atomic E-state index is -0.360. The van der Waals surface area contributed by atoms with Gasteiger partial charge in [0, 0.05) is 11.4 Å². The van der Waals surface area contributed by atoms with Crippen LogP contribution in [0.5, 0.6) is 0 Å². The molecule has 1 N–H and O–H groups in total. The molecule has 0 fully saturated rings. The number of anilines is 1. The highest BCUT2D eigenvalue weighted by Crippen LogP contribution is 2.38. The summed E-state index contributed by atoms with van der Waals surface area (Å²) in [6, 6.07) is 2.06. The molecule has 1 aliphatic rings. The van der Waals surface area contributed by atoms with Crippen LogP contribution in [0.15, 0.2) is 16.8 Å². The number of carbonyl (C=O) groups excluding carboxylic acids is 2. The largest absolute Gasteiger partial charge is 0.465 e. The maximum Gasteiger partial charge on any atom is 0.341 e. The van der Waals surface area contributed by atoms with Crippen molar-refractivity contribution >= 4 is 39.6 Å². The molecule has 5 nitrogen and oxygen atoms in total. The maximum absolute atomic E-state index is 12.4. The Labute approximate surface area is 155 Å². The van der Waals surface area contributed by atoms with Gasteiger partial charge in [0.2, 0.25) is 5.91 Å². The summed E-state index contributed by atoms with van der Waals surface area (Å²) >= 11 is 3.17. The number of hydrogen-bond acceptors (Lipinski definition) is 6. The number of hydrogen-bond donors (Lipinski definition) is 1. The zero-order valence-corrected chi connectivity index (χ0v) is 16.1. The lowest BCUT2D eigenvalue weighted by Crippen LogP contribution is -2.30. The monoisotopic (exact) mass is 378 g/mol. The predicted molar refractivity (Wildman–Crippen MR) is 102 cm³/mol. The highest BCUT2D eigenvalue weighted by atomic mass is 32.1. The number of carbonyl (C=O) groups is 2. The van der Waals surface area contributed by atoms with Crippen LogP contribution in [0.2, 0.25) is 0 Å². The maximum atomic E-state index is 12.4. The van der Waals surface area contributed by atoms with Gasteiger partial charge in [0.05, 0.1) is 19.2 Å². The molecular weight excluding hydrogens is 356 g/mol. The molecule has 2 heterocycles. The third kappa shape index (κ3) is 4.29. The van der Waals surface area contributed by atoms with Gasteiger partial charge < -0.3 is 10.1 Å². The number of nitrogens with zero attached hydrogens (tertiary/aromatic N) is 1. The first-order valence-electron chi connectivity index (χ1n) is 8.30. The summed E-state index contributed by atoms with van der Waals surface area (Å²) in [5.74, 6) is -0.470. The van der Waals surface area contributed by atoms with E-state index >= 15 is 0 Å². The van der Waals surface area contributed by atoms with Crippen molar-refractivity contribution in [1.82, 2.24) is 4.90 Å². The molecule has 0 radical (unpaired) electrons. The lowest BCUT2D eigenvalue weighted by Gasteiger charge is -2.15. The molecule has 25 heavy (non-hydrogen) atoms. The second kappa shape index (κ2) is 8.12. The summed E-state index contributed by atoms with van der Waals surface area (Å²) in [7, 11) is 3.30. The van der Waals surface area contributed by atoms with Gasteiger partial charge in [0.1, 0.15) is 5.00 Å². The smallest absolute Gasteiger partial charge is 0.341 e. The molecule has 3 rings (SSSR count). The standard InChI is InChI=1S/C18H22N2O3S2/c1-20(9-12-7-8-24-11-12)10-15(21)19-17-16(18(22)23-2)13-5-3-4-6-14(13)25-17/h7-8,11H,3-6,9-10H2,1-2H3,(H,19,21). The van der Waals surface area contributed by atoms with Gasteiger partial charge in [-0.3, -0.25) is 9.69 Å². The van der Waals surface area contributed by atoms with Gasteiger partial charge in [-0.25, -0.2) is 4.79 Å². The molecular formula is C18H22N2O3S2. The molecule has 0 bridgehead atoms. The minimum Gasteiger partial charge on any atom is -0.465 e. The Morgan fingerprint density at radius 1 is 1.32 bits per heavy atom. The van der Waals surface area contributed by atoms with E-state index in [-0.39, 0.29) is 18.4 Å². The van der Waals surface area contributed by atoms with Crippen molar-refractivity contribution in [2.24, 2.45) is 0 Å². The first kappa shape index (κ1) is 18.1. The van der Waals surface area contributed by atoms with E-state index in [9.17, 15) is 9.59 Å². The second-order valence-electron chi connectivity index (χ2n) is 6.26. The number of amides is 1. The number of likely N-dealkylation sites (N-methyl/N-ethyl adjacent to an activating group) is 1. The number of thiophene rings is 2. The molecule has 1 aliphatic carbocycles. The van der Waals surface area contributed by atoms with Crippen LogP contribution in [0.4, 0.5) is 5.00 Å².